The second-order valence-corrected chi connectivity index (χ2v) is 33.9. The van der Waals surface area contributed by atoms with Crippen molar-refractivity contribution in [3.63, 3.8) is 0 Å². The van der Waals surface area contributed by atoms with Gasteiger partial charge in [-0.1, -0.05) is 640 Å². The van der Waals surface area contributed by atoms with Crippen molar-refractivity contribution < 1.29 is 0 Å². The third-order valence-electron chi connectivity index (χ3n) is 21.7. The Bertz CT molecular complexity index is 1630. The second kappa shape index (κ2) is 129. The maximum absolute atomic E-state index is 2.36. The van der Waals surface area contributed by atoms with E-state index < -0.39 is 0 Å². The third kappa shape index (κ3) is 120. The Kier molecular flexibility index (Phi) is 175. The first kappa shape index (κ1) is 159. The van der Waals surface area contributed by atoms with Crippen LogP contribution in [0.3, 0.4) is 0 Å². The molecule has 0 amide bonds. The molecule has 0 spiro atoms. The first-order chi connectivity index (χ1) is 53.1. The molecule has 720 valence electrons. The van der Waals surface area contributed by atoms with Crippen LogP contribution in [-0.2, 0) is 0 Å². The molecule has 0 saturated heterocycles. The van der Waals surface area contributed by atoms with E-state index in [-0.39, 0.29) is 44.6 Å². The summed E-state index contributed by atoms with van der Waals surface area (Å²) in [5.41, 5.74) is 4.24. The molecule has 6 fully saturated rings. The fourth-order valence-corrected chi connectivity index (χ4v) is 12.8. The van der Waals surface area contributed by atoms with E-state index in [2.05, 4.69) is 260 Å². The maximum atomic E-state index is 2.36. The minimum atomic E-state index is 0. The van der Waals surface area contributed by atoms with Gasteiger partial charge >= 0.3 is 0 Å². The zero-order chi connectivity index (χ0) is 88.9. The monoisotopic (exact) mass is 1660 g/mol. The molecule has 0 atom stereocenters. The molecule has 0 aromatic heterocycles. The van der Waals surface area contributed by atoms with E-state index in [1.807, 2.05) is 143 Å². The van der Waals surface area contributed by atoms with Crippen molar-refractivity contribution in [1.29, 1.82) is 0 Å². The molecule has 6 saturated carbocycles. The lowest BCUT2D eigenvalue weighted by Crippen LogP contribution is -2.12. The van der Waals surface area contributed by atoms with Crippen molar-refractivity contribution in [3.8, 4) is 0 Å². The van der Waals surface area contributed by atoms with Crippen LogP contribution in [0.15, 0.2) is 91.0 Å². The highest BCUT2D eigenvalue weighted by Gasteiger charge is 2.21. The summed E-state index contributed by atoms with van der Waals surface area (Å²) in [5.74, 6) is 16.6. The summed E-state index contributed by atoms with van der Waals surface area (Å²) in [6.45, 7) is 97.4. The minimum Gasteiger partial charge on any atom is -0.0776 e. The predicted molar refractivity (Wildman–Crippen MR) is 574 cm³/mol. The molecule has 0 radical (unpaired) electrons. The van der Waals surface area contributed by atoms with E-state index in [4.69, 9.17) is 0 Å². The molecule has 0 unspecified atom stereocenters. The fraction of sp³-hybridized carbons (Fsp3) is 0.846. The Morgan fingerprint density at radius 1 is 0.179 bits per heavy atom. The first-order valence-electron chi connectivity index (χ1n) is 50.2. The molecule has 0 aliphatic heterocycles. The average Bonchev–Trinajstić information content (AvgIpc) is 1.93. The SMILES string of the molecule is C.C.C.C.C.C.CC.CC.CC.CC.CC.CC.CC.CC.CC.CC(C)C1CCCC1.CC(C)C1CCCC1.CC(C)C1CCCC1.CC(C)C1CCCCC1.CC(C)C1CCCCC1.CC(C)C1CCCCC1.CC(C)c1ccccc1.CC(C)c1ccccc1.CC(C)c1ccccc1.CCC(C)C.CCC(C)C.CCC(C)C. The Balaban J connectivity index is -0.0000000560. The number of hydrogen-bond donors (Lipinski definition) is 0. The minimum absolute atomic E-state index is 0. The molecule has 0 heterocycles. The highest BCUT2D eigenvalue weighted by Crippen LogP contribution is 2.34. The summed E-state index contributed by atoms with van der Waals surface area (Å²) in [4.78, 5) is 0. The molecule has 9 rings (SSSR count). The van der Waals surface area contributed by atoms with E-state index in [9.17, 15) is 0 Å². The zero-order valence-corrected chi connectivity index (χ0v) is 86.8. The lowest BCUT2D eigenvalue weighted by atomic mass is 9.82. The van der Waals surface area contributed by atoms with Crippen molar-refractivity contribution in [2.24, 2.45) is 88.8 Å². The highest BCUT2D eigenvalue weighted by molar-refractivity contribution is 5.19. The van der Waals surface area contributed by atoms with Gasteiger partial charge in [0.25, 0.3) is 0 Å². The van der Waals surface area contributed by atoms with Crippen LogP contribution in [0.4, 0.5) is 0 Å². The van der Waals surface area contributed by atoms with Crippen LogP contribution in [-0.4, -0.2) is 0 Å². The molecule has 0 heteroatoms. The quantitative estimate of drug-likeness (QED) is 0.170. The lowest BCUT2D eigenvalue weighted by molar-refractivity contribution is 0.279. The van der Waals surface area contributed by atoms with Crippen LogP contribution in [0, 0.1) is 88.8 Å². The predicted octanol–water partition coefficient (Wildman–Crippen LogP) is 45.8. The van der Waals surface area contributed by atoms with E-state index in [1.54, 1.807) is 0 Å². The molecule has 3 aromatic carbocycles. The molecule has 6 aliphatic carbocycles. The van der Waals surface area contributed by atoms with Gasteiger partial charge in [-0.15, -0.1) is 0 Å². The van der Waals surface area contributed by atoms with Crippen LogP contribution in [0.2, 0.25) is 0 Å². The topological polar surface area (TPSA) is 0 Å². The van der Waals surface area contributed by atoms with Crippen molar-refractivity contribution in [3.05, 3.63) is 108 Å². The Morgan fingerprint density at radius 3 is 0.333 bits per heavy atom. The van der Waals surface area contributed by atoms with E-state index in [0.29, 0.717) is 17.8 Å². The zero-order valence-electron chi connectivity index (χ0n) is 86.8. The molecule has 6 aliphatic rings. The summed E-state index contributed by atoms with van der Waals surface area (Å²) in [6, 6.07) is 31.6. The molecular formula is C117H252. The summed E-state index contributed by atoms with van der Waals surface area (Å²) < 4.78 is 0. The van der Waals surface area contributed by atoms with Crippen LogP contribution >= 0.6 is 0 Å². The van der Waals surface area contributed by atoms with Gasteiger partial charge in [0.2, 0.25) is 0 Å². The summed E-state index contributed by atoms with van der Waals surface area (Å²) in [6.07, 6.45) is 44.2. The van der Waals surface area contributed by atoms with Crippen LogP contribution in [0.5, 0.6) is 0 Å². The van der Waals surface area contributed by atoms with Gasteiger partial charge in [0.15, 0.2) is 0 Å². The van der Waals surface area contributed by atoms with Gasteiger partial charge in [0.05, 0.1) is 0 Å². The van der Waals surface area contributed by atoms with Crippen LogP contribution < -0.4 is 0 Å². The Morgan fingerprint density at radius 2 is 0.274 bits per heavy atom. The summed E-state index contributed by atoms with van der Waals surface area (Å²) in [5, 5.41) is 0. The molecule has 0 bridgehead atoms. The lowest BCUT2D eigenvalue weighted by Gasteiger charge is -2.24. The second-order valence-electron chi connectivity index (χ2n) is 33.9. The Labute approximate surface area is 758 Å². The first-order valence-corrected chi connectivity index (χ1v) is 50.2. The molecule has 117 heavy (non-hydrogen) atoms. The van der Waals surface area contributed by atoms with Crippen molar-refractivity contribution >= 4 is 0 Å². The van der Waals surface area contributed by atoms with Gasteiger partial charge in [-0.3, -0.25) is 0 Å². The van der Waals surface area contributed by atoms with Crippen molar-refractivity contribution in [2.75, 3.05) is 0 Å². The number of hydrogen-bond acceptors (Lipinski definition) is 0. The van der Waals surface area contributed by atoms with Crippen molar-refractivity contribution in [2.45, 2.75) is 567 Å². The van der Waals surface area contributed by atoms with E-state index >= 15 is 0 Å². The molecule has 0 nitrogen and oxygen atoms in total. The van der Waals surface area contributed by atoms with Crippen molar-refractivity contribution in [1.82, 2.24) is 0 Å². The van der Waals surface area contributed by atoms with E-state index in [1.165, 1.54) is 209 Å². The van der Waals surface area contributed by atoms with E-state index in [0.717, 1.165) is 88.8 Å². The highest BCUT2D eigenvalue weighted by atomic mass is 14.3. The summed E-state index contributed by atoms with van der Waals surface area (Å²) in [7, 11) is 0. The summed E-state index contributed by atoms with van der Waals surface area (Å²) >= 11 is 0. The standard InChI is InChI=1S/3C9H18.3C9H12.3C8H16.3C5H12.9C2H6.6CH4/c6*1-8(2)9-6-4-3-5-7-9;3*1-7(2)8-5-3-4-6-8;3*1-4-5(2)3;9*1-2;;;;;;/h3*8-9H,3-7H2,1-2H3;3*3-8H,1-2H3;3*7-8H,3-6H2,1-2H3;3*5H,4H2,1-3H3;9*1-2H3;6*1H4. The Hall–Kier alpha value is -2.34. The fourth-order valence-electron chi connectivity index (χ4n) is 12.8. The normalized spacial score (nSPS) is 14.0. The molecular weight excluding hydrogens is 1410 g/mol. The van der Waals surface area contributed by atoms with Gasteiger partial charge in [0, 0.05) is 0 Å². The molecule has 0 N–H and O–H groups in total. The average molecular weight is 1660 g/mol. The van der Waals surface area contributed by atoms with Crippen LogP contribution in [0.25, 0.3) is 0 Å². The van der Waals surface area contributed by atoms with Gasteiger partial charge in [0.1, 0.15) is 0 Å². The smallest absolute Gasteiger partial charge is 0.0219 e. The largest absolute Gasteiger partial charge is 0.0776 e. The maximum Gasteiger partial charge on any atom is -0.0219 e. The van der Waals surface area contributed by atoms with Gasteiger partial charge in [-0.05, 0) is 123 Å². The molecule has 3 aromatic rings. The van der Waals surface area contributed by atoms with Gasteiger partial charge < -0.3 is 0 Å². The van der Waals surface area contributed by atoms with Crippen LogP contribution in [0.1, 0.15) is 583 Å². The van der Waals surface area contributed by atoms with Gasteiger partial charge in [-0.25, -0.2) is 0 Å². The third-order valence-corrected chi connectivity index (χ3v) is 21.7. The number of rotatable bonds is 12. The van der Waals surface area contributed by atoms with Gasteiger partial charge in [-0.2, -0.15) is 0 Å². The number of benzene rings is 3.